The second-order valence-electron chi connectivity index (χ2n) is 16.3. The van der Waals surface area contributed by atoms with Crippen LogP contribution in [0, 0.1) is 0 Å². The van der Waals surface area contributed by atoms with Crippen LogP contribution in [0.25, 0.3) is 0 Å². The first-order chi connectivity index (χ1) is 27.6. The maximum atomic E-state index is 12.7. The summed E-state index contributed by atoms with van der Waals surface area (Å²) < 4.78 is 17.2. The van der Waals surface area contributed by atoms with Gasteiger partial charge in [0.1, 0.15) is 6.61 Å². The number of allylic oxidation sites excluding steroid dienone is 10. The smallest absolute Gasteiger partial charge is 0.362 e. The number of carbonyl (C=O) groups excluding carboxylic acids is 2. The van der Waals surface area contributed by atoms with E-state index in [1.807, 2.05) is 21.1 Å². The van der Waals surface area contributed by atoms with Gasteiger partial charge in [-0.25, -0.2) is 4.79 Å². The van der Waals surface area contributed by atoms with Gasteiger partial charge in [0.15, 0.2) is 12.1 Å². The molecular weight excluding hydrogens is 715 g/mol. The fourth-order valence-electron chi connectivity index (χ4n) is 6.33. The molecule has 8 heteroatoms. The number of unbranched alkanes of at least 4 members (excludes halogenated alkanes) is 17. The third-order valence-electron chi connectivity index (χ3n) is 9.92. The van der Waals surface area contributed by atoms with Crippen LogP contribution in [0.2, 0.25) is 0 Å². The van der Waals surface area contributed by atoms with Gasteiger partial charge in [-0.1, -0.05) is 152 Å². The number of ether oxygens (including phenoxy) is 3. The molecule has 0 spiro atoms. The van der Waals surface area contributed by atoms with Crippen molar-refractivity contribution in [3.05, 3.63) is 60.8 Å². The van der Waals surface area contributed by atoms with Crippen LogP contribution in [0.3, 0.4) is 0 Å². The van der Waals surface area contributed by atoms with Crippen LogP contribution in [-0.2, 0) is 28.6 Å². The van der Waals surface area contributed by atoms with Crippen molar-refractivity contribution in [2.45, 2.75) is 193 Å². The molecule has 57 heavy (non-hydrogen) atoms. The van der Waals surface area contributed by atoms with E-state index in [4.69, 9.17) is 14.2 Å². The van der Waals surface area contributed by atoms with Crippen LogP contribution < -0.4 is 0 Å². The van der Waals surface area contributed by atoms with E-state index >= 15 is 0 Å². The number of carbonyl (C=O) groups is 3. The minimum atomic E-state index is -0.887. The molecule has 0 aliphatic carbocycles. The molecule has 0 aromatic carbocycles. The van der Waals surface area contributed by atoms with Gasteiger partial charge in [-0.05, 0) is 70.6 Å². The molecule has 0 amide bonds. The van der Waals surface area contributed by atoms with E-state index in [-0.39, 0.29) is 49.1 Å². The molecule has 0 bridgehead atoms. The molecule has 0 saturated heterocycles. The molecular formula is C49H86NO7+. The Morgan fingerprint density at radius 3 is 1.53 bits per heavy atom. The van der Waals surface area contributed by atoms with Gasteiger partial charge in [0.2, 0.25) is 0 Å². The Labute approximate surface area is 349 Å². The maximum Gasteiger partial charge on any atom is 0.362 e. The lowest BCUT2D eigenvalue weighted by Crippen LogP contribution is -2.50. The SMILES string of the molecule is CCCCCCCC/C=C/C/C=C/C/C=C/CCCC(=O)OCC(COCCC(C(=O)O)[N+](C)(C)C)OC(=O)CCCCC/C=C/C=C/CCCCCCCCC. The van der Waals surface area contributed by atoms with E-state index in [0.29, 0.717) is 12.8 Å². The first-order valence-corrected chi connectivity index (χ1v) is 22.8. The molecule has 8 nitrogen and oxygen atoms in total. The van der Waals surface area contributed by atoms with Crippen LogP contribution in [0.4, 0.5) is 0 Å². The number of hydrogen-bond acceptors (Lipinski definition) is 6. The van der Waals surface area contributed by atoms with Crippen LogP contribution in [-0.4, -0.2) is 80.6 Å². The largest absolute Gasteiger partial charge is 0.477 e. The highest BCUT2D eigenvalue weighted by Crippen LogP contribution is 2.12. The Bertz CT molecular complexity index is 1120. The zero-order chi connectivity index (χ0) is 42.1. The summed E-state index contributed by atoms with van der Waals surface area (Å²) in [6.45, 7) is 4.64. The van der Waals surface area contributed by atoms with Crippen molar-refractivity contribution >= 4 is 17.9 Å². The normalized spacial score (nSPS) is 13.5. The molecule has 0 saturated carbocycles. The molecule has 0 aromatic heterocycles. The summed E-state index contributed by atoms with van der Waals surface area (Å²) in [7, 11) is 5.50. The van der Waals surface area contributed by atoms with Crippen molar-refractivity contribution < 1.29 is 38.2 Å². The van der Waals surface area contributed by atoms with Crippen molar-refractivity contribution in [1.29, 1.82) is 0 Å². The quantitative estimate of drug-likeness (QED) is 0.0217. The second-order valence-corrected chi connectivity index (χ2v) is 16.3. The van der Waals surface area contributed by atoms with E-state index in [9.17, 15) is 19.5 Å². The fraction of sp³-hybridized carbons (Fsp3) is 0.735. The summed E-state index contributed by atoms with van der Waals surface area (Å²) in [6, 6.07) is -0.628. The van der Waals surface area contributed by atoms with Gasteiger partial charge in [-0.15, -0.1) is 0 Å². The zero-order valence-electron chi connectivity index (χ0n) is 37.3. The first-order valence-electron chi connectivity index (χ1n) is 22.8. The summed E-state index contributed by atoms with van der Waals surface area (Å²) in [5.74, 6) is -1.57. The van der Waals surface area contributed by atoms with Crippen LogP contribution in [0.1, 0.15) is 181 Å². The summed E-state index contributed by atoms with van der Waals surface area (Å²) in [5.41, 5.74) is 0. The highest BCUT2D eigenvalue weighted by molar-refractivity contribution is 5.72. The summed E-state index contributed by atoms with van der Waals surface area (Å²) in [5, 5.41) is 9.62. The predicted molar refractivity (Wildman–Crippen MR) is 238 cm³/mol. The summed E-state index contributed by atoms with van der Waals surface area (Å²) in [6.07, 6.45) is 48.4. The Balaban J connectivity index is 4.47. The fourth-order valence-corrected chi connectivity index (χ4v) is 6.33. The number of hydrogen-bond donors (Lipinski definition) is 1. The van der Waals surface area contributed by atoms with Gasteiger partial charge >= 0.3 is 17.9 Å². The van der Waals surface area contributed by atoms with Crippen molar-refractivity contribution in [2.75, 3.05) is 41.0 Å². The highest BCUT2D eigenvalue weighted by Gasteiger charge is 2.31. The standard InChI is InChI=1S/C49H85NO7/c1-6-8-10-12-14-16-18-20-22-24-26-27-29-31-33-35-37-39-47(51)56-44-45(43-55-42-41-46(49(53)54)50(3,4)5)57-48(52)40-38-36-34-32-30-28-25-23-21-19-17-15-13-11-9-7-2/h20,22-23,25-28,30-31,33,45-46H,6-19,21,24,29,32,34-44H2,1-5H3/p+1/b22-20+,25-23+,27-26+,30-28+,33-31+. The Kier molecular flexibility index (Phi) is 37.8. The van der Waals surface area contributed by atoms with Gasteiger partial charge in [0.25, 0.3) is 0 Å². The van der Waals surface area contributed by atoms with E-state index in [0.717, 1.165) is 51.4 Å². The third kappa shape index (κ3) is 38.3. The van der Waals surface area contributed by atoms with Gasteiger partial charge < -0.3 is 23.8 Å². The number of carboxylic acid groups (broad SMARTS) is 1. The monoisotopic (exact) mass is 801 g/mol. The molecule has 1 N–H and O–H groups in total. The number of aliphatic carboxylic acids is 1. The lowest BCUT2D eigenvalue weighted by molar-refractivity contribution is -0.887. The average Bonchev–Trinajstić information content (AvgIpc) is 3.17. The topological polar surface area (TPSA) is 99.1 Å². The number of carboxylic acids is 1. The third-order valence-corrected chi connectivity index (χ3v) is 9.92. The van der Waals surface area contributed by atoms with Gasteiger partial charge in [0.05, 0.1) is 34.4 Å². The summed E-state index contributed by atoms with van der Waals surface area (Å²) >= 11 is 0. The average molecular weight is 801 g/mol. The molecule has 2 atom stereocenters. The lowest BCUT2D eigenvalue weighted by atomic mass is 10.1. The highest BCUT2D eigenvalue weighted by atomic mass is 16.6. The molecule has 2 unspecified atom stereocenters. The van der Waals surface area contributed by atoms with E-state index in [1.54, 1.807) is 0 Å². The minimum Gasteiger partial charge on any atom is -0.477 e. The number of quaternary nitrogens is 1. The Morgan fingerprint density at radius 2 is 1.00 bits per heavy atom. The summed E-state index contributed by atoms with van der Waals surface area (Å²) in [4.78, 5) is 37.0. The van der Waals surface area contributed by atoms with Crippen LogP contribution in [0.15, 0.2) is 60.8 Å². The van der Waals surface area contributed by atoms with Crippen molar-refractivity contribution in [2.24, 2.45) is 0 Å². The molecule has 0 heterocycles. The van der Waals surface area contributed by atoms with Crippen molar-refractivity contribution in [3.63, 3.8) is 0 Å². The number of nitrogens with zero attached hydrogens (tertiary/aromatic N) is 1. The molecule has 0 aliphatic rings. The molecule has 0 aliphatic heterocycles. The van der Waals surface area contributed by atoms with E-state index in [2.05, 4.69) is 74.6 Å². The molecule has 0 radical (unpaired) electrons. The Hall–Kier alpha value is -2.97. The van der Waals surface area contributed by atoms with E-state index in [1.165, 1.54) is 89.9 Å². The lowest BCUT2D eigenvalue weighted by Gasteiger charge is -2.31. The van der Waals surface area contributed by atoms with Gasteiger partial charge in [-0.2, -0.15) is 0 Å². The Morgan fingerprint density at radius 1 is 0.544 bits per heavy atom. The van der Waals surface area contributed by atoms with Gasteiger partial charge in [0, 0.05) is 19.3 Å². The van der Waals surface area contributed by atoms with Crippen molar-refractivity contribution in [1.82, 2.24) is 0 Å². The number of esters is 2. The predicted octanol–water partition coefficient (Wildman–Crippen LogP) is 12.6. The zero-order valence-corrected chi connectivity index (χ0v) is 37.3. The number of rotatable bonds is 40. The van der Waals surface area contributed by atoms with Crippen LogP contribution in [0.5, 0.6) is 0 Å². The van der Waals surface area contributed by atoms with Gasteiger partial charge in [-0.3, -0.25) is 9.59 Å². The second kappa shape index (κ2) is 39.8. The van der Waals surface area contributed by atoms with E-state index < -0.39 is 18.1 Å². The molecule has 0 rings (SSSR count). The van der Waals surface area contributed by atoms with Crippen LogP contribution >= 0.6 is 0 Å². The maximum absolute atomic E-state index is 12.7. The molecule has 0 aromatic rings. The first kappa shape index (κ1) is 54.0. The number of likely N-dealkylation sites (N-methyl/N-ethyl adjacent to an activating group) is 1. The minimum absolute atomic E-state index is 0.0327. The molecule has 328 valence electrons. The van der Waals surface area contributed by atoms with Crippen molar-refractivity contribution in [3.8, 4) is 0 Å². The molecule has 0 fully saturated rings.